The lowest BCUT2D eigenvalue weighted by Gasteiger charge is -1.97. The fourth-order valence-corrected chi connectivity index (χ4v) is 1.67. The number of aromatic nitrogens is 4. The van der Waals surface area contributed by atoms with Crippen LogP contribution in [0.1, 0.15) is 18.2 Å². The normalized spacial score (nSPS) is 21.3. The van der Waals surface area contributed by atoms with Crippen LogP contribution in [0, 0.1) is 17.2 Å². The lowest BCUT2D eigenvalue weighted by molar-refractivity contribution is 0.378. The minimum Gasteiger partial charge on any atom is -0.481 e. The third-order valence-electron chi connectivity index (χ3n) is 2.80. The highest BCUT2D eigenvalue weighted by atomic mass is 16.5. The molecular formula is C11H9N5O2. The molecule has 2 unspecified atom stereocenters. The first-order chi connectivity index (χ1) is 8.81. The fraction of sp³-hybridized carbons (Fsp3) is 0.364. The van der Waals surface area contributed by atoms with E-state index in [9.17, 15) is 0 Å². The molecule has 0 spiro atoms. The molecule has 18 heavy (non-hydrogen) atoms. The Kier molecular flexibility index (Phi) is 2.41. The van der Waals surface area contributed by atoms with Crippen molar-refractivity contribution < 1.29 is 9.26 Å². The SMILES string of the molecule is COc1cc(-c2noc(C3CC3C#N)n2)ncn1. The molecule has 0 saturated heterocycles. The van der Waals surface area contributed by atoms with Crippen molar-refractivity contribution in [2.75, 3.05) is 7.11 Å². The predicted octanol–water partition coefficient (Wildman–Crippen LogP) is 1.16. The summed E-state index contributed by atoms with van der Waals surface area (Å²) in [4.78, 5) is 12.2. The molecule has 0 radical (unpaired) electrons. The van der Waals surface area contributed by atoms with Crippen molar-refractivity contribution in [3.8, 4) is 23.5 Å². The van der Waals surface area contributed by atoms with Crippen LogP contribution >= 0.6 is 0 Å². The van der Waals surface area contributed by atoms with Crippen molar-refractivity contribution in [3.05, 3.63) is 18.3 Å². The molecule has 1 fully saturated rings. The first-order valence-electron chi connectivity index (χ1n) is 5.41. The van der Waals surface area contributed by atoms with Crippen LogP contribution in [0.15, 0.2) is 16.9 Å². The first-order valence-corrected chi connectivity index (χ1v) is 5.41. The molecule has 2 aromatic heterocycles. The van der Waals surface area contributed by atoms with E-state index < -0.39 is 0 Å². The van der Waals surface area contributed by atoms with Crippen molar-refractivity contribution in [2.45, 2.75) is 12.3 Å². The van der Waals surface area contributed by atoms with E-state index in [0.717, 1.165) is 6.42 Å². The fourth-order valence-electron chi connectivity index (χ4n) is 1.67. The zero-order valence-electron chi connectivity index (χ0n) is 9.57. The number of rotatable bonds is 3. The summed E-state index contributed by atoms with van der Waals surface area (Å²) in [5, 5.41) is 12.6. The van der Waals surface area contributed by atoms with E-state index >= 15 is 0 Å². The molecule has 0 aromatic carbocycles. The number of hydrogen-bond donors (Lipinski definition) is 0. The molecular weight excluding hydrogens is 234 g/mol. The average Bonchev–Trinajstić information content (AvgIpc) is 3.06. The molecule has 1 aliphatic carbocycles. The van der Waals surface area contributed by atoms with Crippen LogP contribution in [-0.4, -0.2) is 27.2 Å². The van der Waals surface area contributed by atoms with E-state index in [4.69, 9.17) is 14.5 Å². The van der Waals surface area contributed by atoms with E-state index in [1.54, 1.807) is 6.07 Å². The van der Waals surface area contributed by atoms with Crippen molar-refractivity contribution >= 4 is 0 Å². The highest BCUT2D eigenvalue weighted by Gasteiger charge is 2.43. The summed E-state index contributed by atoms with van der Waals surface area (Å²) in [5.74, 6) is 1.38. The van der Waals surface area contributed by atoms with Crippen LogP contribution in [0.25, 0.3) is 11.5 Å². The van der Waals surface area contributed by atoms with E-state index in [2.05, 4.69) is 26.2 Å². The third-order valence-corrected chi connectivity index (χ3v) is 2.80. The Morgan fingerprint density at radius 1 is 1.50 bits per heavy atom. The Labute approximate surface area is 102 Å². The van der Waals surface area contributed by atoms with Crippen LogP contribution < -0.4 is 4.74 Å². The summed E-state index contributed by atoms with van der Waals surface area (Å²) in [6.07, 6.45) is 2.16. The molecule has 0 amide bonds. The van der Waals surface area contributed by atoms with E-state index in [1.165, 1.54) is 13.4 Å². The van der Waals surface area contributed by atoms with Gasteiger partial charge in [-0.05, 0) is 6.42 Å². The molecule has 0 aliphatic heterocycles. The Bertz CT molecular complexity index is 618. The average molecular weight is 243 g/mol. The number of methoxy groups -OCH3 is 1. The smallest absolute Gasteiger partial charge is 0.231 e. The second kappa shape index (κ2) is 4.07. The van der Waals surface area contributed by atoms with Crippen LogP contribution in [0.3, 0.4) is 0 Å². The topological polar surface area (TPSA) is 97.7 Å². The second-order valence-electron chi connectivity index (χ2n) is 3.98. The summed E-state index contributed by atoms with van der Waals surface area (Å²) in [7, 11) is 1.52. The maximum Gasteiger partial charge on any atom is 0.231 e. The standard InChI is InChI=1S/C11H9N5O2/c1-17-9-3-8(13-5-14-9)10-15-11(18-16-10)7-2-6(7)4-12/h3,5-7H,2H2,1H3. The Hall–Kier alpha value is -2.49. The molecule has 90 valence electrons. The van der Waals surface area contributed by atoms with Gasteiger partial charge in [0.2, 0.25) is 17.6 Å². The summed E-state index contributed by atoms with van der Waals surface area (Å²) < 4.78 is 10.1. The molecule has 0 N–H and O–H groups in total. The quantitative estimate of drug-likeness (QED) is 0.797. The van der Waals surface area contributed by atoms with E-state index in [-0.39, 0.29) is 11.8 Å². The predicted molar refractivity (Wildman–Crippen MR) is 58.3 cm³/mol. The van der Waals surface area contributed by atoms with Gasteiger partial charge in [0.1, 0.15) is 12.0 Å². The third kappa shape index (κ3) is 1.78. The summed E-state index contributed by atoms with van der Waals surface area (Å²) in [6.45, 7) is 0. The van der Waals surface area contributed by atoms with Crippen LogP contribution in [0.5, 0.6) is 5.88 Å². The first kappa shape index (κ1) is 10.7. The molecule has 2 atom stereocenters. The number of nitrogens with zero attached hydrogens (tertiary/aromatic N) is 5. The number of hydrogen-bond acceptors (Lipinski definition) is 7. The van der Waals surface area contributed by atoms with E-state index in [0.29, 0.717) is 23.3 Å². The van der Waals surface area contributed by atoms with Crippen molar-refractivity contribution in [1.29, 1.82) is 5.26 Å². The summed E-state index contributed by atoms with van der Waals surface area (Å²) >= 11 is 0. The van der Waals surface area contributed by atoms with Crippen LogP contribution in [0.2, 0.25) is 0 Å². The van der Waals surface area contributed by atoms with Gasteiger partial charge in [0.25, 0.3) is 0 Å². The van der Waals surface area contributed by atoms with Crippen molar-refractivity contribution in [3.63, 3.8) is 0 Å². The van der Waals surface area contributed by atoms with Crippen molar-refractivity contribution in [1.82, 2.24) is 20.1 Å². The van der Waals surface area contributed by atoms with Gasteiger partial charge in [0, 0.05) is 6.07 Å². The van der Waals surface area contributed by atoms with Gasteiger partial charge in [0.15, 0.2) is 0 Å². The minimum atomic E-state index is -0.00163. The lowest BCUT2D eigenvalue weighted by atomic mass is 10.3. The molecule has 0 bridgehead atoms. The maximum absolute atomic E-state index is 8.75. The zero-order chi connectivity index (χ0) is 12.5. The van der Waals surface area contributed by atoms with Gasteiger partial charge in [-0.3, -0.25) is 0 Å². The minimum absolute atomic E-state index is 0.00163. The highest BCUT2D eigenvalue weighted by molar-refractivity contribution is 5.49. The maximum atomic E-state index is 8.75. The summed E-state index contributed by atoms with van der Waals surface area (Å²) in [6, 6.07) is 3.81. The molecule has 1 saturated carbocycles. The van der Waals surface area contributed by atoms with Crippen LogP contribution in [0.4, 0.5) is 0 Å². The van der Waals surface area contributed by atoms with Gasteiger partial charge >= 0.3 is 0 Å². The largest absolute Gasteiger partial charge is 0.481 e. The number of ether oxygens (including phenoxy) is 1. The zero-order valence-corrected chi connectivity index (χ0v) is 9.57. The van der Waals surface area contributed by atoms with Gasteiger partial charge in [-0.1, -0.05) is 5.16 Å². The molecule has 7 heteroatoms. The van der Waals surface area contributed by atoms with Gasteiger partial charge < -0.3 is 9.26 Å². The van der Waals surface area contributed by atoms with Gasteiger partial charge in [-0.2, -0.15) is 10.2 Å². The Morgan fingerprint density at radius 3 is 3.11 bits per heavy atom. The molecule has 1 aliphatic rings. The number of nitriles is 1. The van der Waals surface area contributed by atoms with Gasteiger partial charge in [-0.15, -0.1) is 0 Å². The molecule has 3 rings (SSSR count). The second-order valence-corrected chi connectivity index (χ2v) is 3.98. The molecule has 7 nitrogen and oxygen atoms in total. The monoisotopic (exact) mass is 243 g/mol. The summed E-state index contributed by atoms with van der Waals surface area (Å²) in [5.41, 5.74) is 0.533. The Balaban J connectivity index is 1.87. The van der Waals surface area contributed by atoms with Crippen LogP contribution in [-0.2, 0) is 0 Å². The van der Waals surface area contributed by atoms with Gasteiger partial charge in [0.05, 0.1) is 25.0 Å². The lowest BCUT2D eigenvalue weighted by Crippen LogP contribution is -1.92. The molecule has 2 aromatic rings. The van der Waals surface area contributed by atoms with Gasteiger partial charge in [-0.25, -0.2) is 9.97 Å². The van der Waals surface area contributed by atoms with E-state index in [1.807, 2.05) is 0 Å². The Morgan fingerprint density at radius 2 is 2.39 bits per heavy atom. The molecule has 2 heterocycles. The van der Waals surface area contributed by atoms with Crippen molar-refractivity contribution in [2.24, 2.45) is 5.92 Å². The highest BCUT2D eigenvalue weighted by Crippen LogP contribution is 2.46.